The first-order valence-electron chi connectivity index (χ1n) is 8.42. The van der Waals surface area contributed by atoms with E-state index >= 15 is 0 Å². The van der Waals surface area contributed by atoms with Crippen LogP contribution in [-0.4, -0.2) is 44.3 Å². The van der Waals surface area contributed by atoms with E-state index < -0.39 is 17.2 Å². The van der Waals surface area contributed by atoms with Crippen LogP contribution in [0.4, 0.5) is 8.78 Å². The summed E-state index contributed by atoms with van der Waals surface area (Å²) in [6.45, 7) is 0.801. The minimum atomic E-state index is -0.763. The summed E-state index contributed by atoms with van der Waals surface area (Å²) in [6, 6.07) is 3.39. The van der Waals surface area contributed by atoms with Crippen LogP contribution in [0.5, 0.6) is 0 Å². The van der Waals surface area contributed by atoms with Crippen LogP contribution in [0, 0.1) is 23.5 Å². The molecule has 1 aliphatic heterocycles. The first-order valence-corrected chi connectivity index (χ1v) is 8.42. The van der Waals surface area contributed by atoms with Crippen molar-refractivity contribution in [2.24, 2.45) is 11.8 Å². The Morgan fingerprint density at radius 1 is 1.19 bits per heavy atom. The van der Waals surface area contributed by atoms with Crippen molar-refractivity contribution in [2.45, 2.75) is 12.6 Å². The Morgan fingerprint density at radius 3 is 2.56 bits per heavy atom. The van der Waals surface area contributed by atoms with E-state index in [2.05, 4.69) is 15.4 Å². The van der Waals surface area contributed by atoms with Crippen molar-refractivity contribution in [1.82, 2.24) is 24.8 Å². The number of ether oxygens (including phenoxy) is 1. The molecule has 3 heterocycles. The number of hydrogen-bond acceptors (Lipinski definition) is 6. The van der Waals surface area contributed by atoms with Gasteiger partial charge in [-0.3, -0.25) is 14.3 Å². The first kappa shape index (κ1) is 16.2. The Balaban J connectivity index is 1.60. The minimum absolute atomic E-state index is 0.0186. The second kappa shape index (κ2) is 5.74. The monoisotopic (exact) mass is 373 g/mol. The molecule has 1 saturated heterocycles. The van der Waals surface area contributed by atoms with E-state index in [0.717, 1.165) is 16.8 Å². The molecule has 10 heteroatoms. The average Bonchev–Trinajstić information content (AvgIpc) is 3.00. The zero-order valence-electron chi connectivity index (χ0n) is 13.9. The summed E-state index contributed by atoms with van der Waals surface area (Å²) in [7, 11) is 0. The van der Waals surface area contributed by atoms with Crippen LogP contribution in [-0.2, 0) is 11.3 Å². The highest BCUT2D eigenvalue weighted by Gasteiger charge is 2.56. The number of aromatic nitrogens is 5. The number of aldehydes is 1. The van der Waals surface area contributed by atoms with Gasteiger partial charge in [0.15, 0.2) is 11.8 Å². The number of halogens is 2. The van der Waals surface area contributed by atoms with Crippen molar-refractivity contribution < 1.29 is 18.3 Å². The van der Waals surface area contributed by atoms with Gasteiger partial charge in [0.1, 0.15) is 22.8 Å². The Bertz CT molecular complexity index is 1110. The van der Waals surface area contributed by atoms with Crippen molar-refractivity contribution in [3.63, 3.8) is 0 Å². The quantitative estimate of drug-likeness (QED) is 0.632. The molecular formula is C17H13F2N5O3. The molecule has 27 heavy (non-hydrogen) atoms. The van der Waals surface area contributed by atoms with Gasteiger partial charge >= 0.3 is 0 Å². The molecule has 0 spiro atoms. The van der Waals surface area contributed by atoms with Gasteiger partial charge in [-0.2, -0.15) is 5.10 Å². The third-order valence-electron chi connectivity index (χ3n) is 5.29. The molecule has 2 fully saturated rings. The van der Waals surface area contributed by atoms with Crippen molar-refractivity contribution in [1.29, 1.82) is 0 Å². The van der Waals surface area contributed by atoms with Crippen molar-refractivity contribution in [3.8, 4) is 0 Å². The average molecular weight is 373 g/mol. The number of rotatable bonds is 4. The molecule has 0 bridgehead atoms. The molecule has 2 aromatic heterocycles. The summed E-state index contributed by atoms with van der Waals surface area (Å²) in [6.07, 6.45) is 0.451. The summed E-state index contributed by atoms with van der Waals surface area (Å²) >= 11 is 0. The predicted molar refractivity (Wildman–Crippen MR) is 87.3 cm³/mol. The maximum atomic E-state index is 13.9. The van der Waals surface area contributed by atoms with Crippen LogP contribution in [0.25, 0.3) is 11.0 Å². The predicted octanol–water partition coefficient (Wildman–Crippen LogP) is 0.944. The Hall–Kier alpha value is -3.01. The smallest absolute Gasteiger partial charge is 0.298 e. The highest BCUT2D eigenvalue weighted by Crippen LogP contribution is 2.53. The molecule has 3 atom stereocenters. The zero-order valence-corrected chi connectivity index (χ0v) is 13.9. The lowest BCUT2D eigenvalue weighted by atomic mass is 10.2. The molecule has 1 aliphatic carbocycles. The minimum Gasteiger partial charge on any atom is -0.381 e. The highest BCUT2D eigenvalue weighted by atomic mass is 19.1. The van der Waals surface area contributed by atoms with E-state index in [1.807, 2.05) is 0 Å². The molecule has 0 amide bonds. The van der Waals surface area contributed by atoms with Crippen LogP contribution in [0.3, 0.4) is 0 Å². The van der Waals surface area contributed by atoms with Gasteiger partial charge < -0.3 is 4.74 Å². The summed E-state index contributed by atoms with van der Waals surface area (Å²) in [5.41, 5.74) is -0.811. The second-order valence-corrected chi connectivity index (χ2v) is 6.75. The van der Waals surface area contributed by atoms with Gasteiger partial charge in [0.25, 0.3) is 5.56 Å². The summed E-state index contributed by atoms with van der Waals surface area (Å²) in [5, 5.41) is 12.0. The molecule has 5 rings (SSSR count). The summed E-state index contributed by atoms with van der Waals surface area (Å²) in [5.74, 6) is -1.06. The SMILES string of the molecule is O=Cc1c2nnn(C3[C@H]4COC[C@@H]34)c(=O)c2nn1Cc1c(F)cccc1F. The fraction of sp³-hybridized carbons (Fsp3) is 0.353. The maximum Gasteiger partial charge on any atom is 0.298 e. The number of hydrogen-bond donors (Lipinski definition) is 0. The molecule has 3 aromatic rings. The van der Waals surface area contributed by atoms with Crippen molar-refractivity contribution in [2.75, 3.05) is 13.2 Å². The van der Waals surface area contributed by atoms with E-state index in [1.54, 1.807) is 0 Å². The van der Waals surface area contributed by atoms with Crippen molar-refractivity contribution in [3.05, 3.63) is 51.4 Å². The number of nitrogens with zero attached hydrogens (tertiary/aromatic N) is 5. The molecule has 1 unspecified atom stereocenters. The topological polar surface area (TPSA) is 91.9 Å². The number of carbonyl (C=O) groups is 1. The van der Waals surface area contributed by atoms with Crippen molar-refractivity contribution >= 4 is 17.3 Å². The van der Waals surface area contributed by atoms with Gasteiger partial charge in [0.2, 0.25) is 0 Å². The van der Waals surface area contributed by atoms with E-state index in [1.165, 1.54) is 10.7 Å². The van der Waals surface area contributed by atoms with Gasteiger partial charge in [0.05, 0.1) is 25.8 Å². The summed E-state index contributed by atoms with van der Waals surface area (Å²) in [4.78, 5) is 24.3. The highest BCUT2D eigenvalue weighted by molar-refractivity contribution is 5.91. The molecule has 1 saturated carbocycles. The Kier molecular flexibility index (Phi) is 3.44. The second-order valence-electron chi connectivity index (χ2n) is 6.75. The standard InChI is InChI=1S/C17H13F2N5O3/c18-11-2-1-3-12(19)8(11)4-23-13(5-25)14-15(21-23)17(26)24(22-20-14)16-9-6-27-7-10(9)16/h1-3,5,9-10,16H,4,6-7H2/t9-,10+,16?. The lowest BCUT2D eigenvalue weighted by molar-refractivity contribution is 0.111. The van der Waals surface area contributed by atoms with E-state index in [0.29, 0.717) is 19.5 Å². The normalized spacial score (nSPS) is 23.6. The molecular weight excluding hydrogens is 360 g/mol. The van der Waals surface area contributed by atoms with Crippen LogP contribution in [0.2, 0.25) is 0 Å². The van der Waals surface area contributed by atoms with Crippen LogP contribution < -0.4 is 5.56 Å². The van der Waals surface area contributed by atoms with E-state index in [9.17, 15) is 18.4 Å². The zero-order chi connectivity index (χ0) is 18.7. The van der Waals surface area contributed by atoms with Crippen LogP contribution in [0.15, 0.2) is 23.0 Å². The van der Waals surface area contributed by atoms with Gasteiger partial charge in [-0.25, -0.2) is 13.5 Å². The van der Waals surface area contributed by atoms with Crippen LogP contribution >= 0.6 is 0 Å². The number of fused-ring (bicyclic) bond motifs is 2. The lowest BCUT2D eigenvalue weighted by Gasteiger charge is -2.06. The Labute approximate surface area is 150 Å². The van der Waals surface area contributed by atoms with Gasteiger partial charge in [-0.15, -0.1) is 5.10 Å². The fourth-order valence-corrected chi connectivity index (χ4v) is 3.79. The van der Waals surface area contributed by atoms with Gasteiger partial charge in [0, 0.05) is 17.4 Å². The fourth-order valence-electron chi connectivity index (χ4n) is 3.79. The molecule has 0 radical (unpaired) electrons. The van der Waals surface area contributed by atoms with Crippen LogP contribution in [0.1, 0.15) is 22.1 Å². The summed E-state index contributed by atoms with van der Waals surface area (Å²) < 4.78 is 35.6. The molecule has 0 N–H and O–H groups in total. The third kappa shape index (κ3) is 2.33. The molecule has 8 nitrogen and oxygen atoms in total. The Morgan fingerprint density at radius 2 is 1.89 bits per heavy atom. The largest absolute Gasteiger partial charge is 0.381 e. The van der Waals surface area contributed by atoms with Gasteiger partial charge in [-0.1, -0.05) is 11.3 Å². The first-order chi connectivity index (χ1) is 13.1. The number of benzene rings is 1. The number of carbonyl (C=O) groups excluding carboxylic acids is 1. The molecule has 1 aromatic carbocycles. The maximum absolute atomic E-state index is 13.9. The van der Waals surface area contributed by atoms with E-state index in [4.69, 9.17) is 4.74 Å². The van der Waals surface area contributed by atoms with E-state index in [-0.39, 0.29) is 46.7 Å². The molecule has 138 valence electrons. The van der Waals surface area contributed by atoms with Gasteiger partial charge in [-0.05, 0) is 12.1 Å². The third-order valence-corrected chi connectivity index (χ3v) is 5.29. The molecule has 2 aliphatic rings. The lowest BCUT2D eigenvalue weighted by Crippen LogP contribution is -2.26.